The van der Waals surface area contributed by atoms with Crippen LogP contribution in [0.25, 0.3) is 0 Å². The van der Waals surface area contributed by atoms with E-state index in [1.807, 2.05) is 23.1 Å². The van der Waals surface area contributed by atoms with Gasteiger partial charge in [0.15, 0.2) is 0 Å². The quantitative estimate of drug-likeness (QED) is 0.754. The first kappa shape index (κ1) is 20.2. The minimum atomic E-state index is -0.221. The number of hydrogen-bond donors (Lipinski definition) is 0. The Morgan fingerprint density at radius 2 is 1.72 bits per heavy atom. The lowest BCUT2D eigenvalue weighted by Crippen LogP contribution is -2.52. The van der Waals surface area contributed by atoms with E-state index >= 15 is 0 Å². The van der Waals surface area contributed by atoms with E-state index in [1.165, 1.54) is 12.1 Å². The van der Waals surface area contributed by atoms with Crippen molar-refractivity contribution in [2.45, 2.75) is 19.4 Å². The van der Waals surface area contributed by atoms with Crippen LogP contribution in [0.4, 0.5) is 10.1 Å². The van der Waals surface area contributed by atoms with E-state index in [0.29, 0.717) is 0 Å². The number of halogens is 2. The second kappa shape index (κ2) is 9.14. The number of benzene rings is 2. The average molecular weight is 416 g/mol. The number of hydrogen-bond acceptors (Lipinski definition) is 3. The van der Waals surface area contributed by atoms with Crippen molar-refractivity contribution >= 4 is 23.2 Å². The number of likely N-dealkylation sites (tertiary alicyclic amines) is 1. The molecule has 6 heteroatoms. The first-order chi connectivity index (χ1) is 14.1. The van der Waals surface area contributed by atoms with Gasteiger partial charge < -0.3 is 9.80 Å². The van der Waals surface area contributed by atoms with Crippen molar-refractivity contribution in [3.63, 3.8) is 0 Å². The van der Waals surface area contributed by atoms with Crippen LogP contribution in [0.1, 0.15) is 18.4 Å². The van der Waals surface area contributed by atoms with Crippen molar-refractivity contribution in [1.29, 1.82) is 0 Å². The summed E-state index contributed by atoms with van der Waals surface area (Å²) in [6, 6.07) is 14.5. The molecule has 154 valence electrons. The maximum atomic E-state index is 13.1. The lowest BCUT2D eigenvalue weighted by atomic mass is 9.95. The zero-order valence-electron chi connectivity index (χ0n) is 16.6. The maximum Gasteiger partial charge on any atom is 0.227 e. The lowest BCUT2D eigenvalue weighted by Gasteiger charge is -2.39. The molecule has 0 aromatic heterocycles. The maximum absolute atomic E-state index is 13.1. The molecular weight excluding hydrogens is 389 g/mol. The van der Waals surface area contributed by atoms with Crippen LogP contribution in [0.15, 0.2) is 48.5 Å². The lowest BCUT2D eigenvalue weighted by molar-refractivity contribution is -0.137. The highest BCUT2D eigenvalue weighted by Crippen LogP contribution is 2.24. The van der Waals surface area contributed by atoms with Gasteiger partial charge in [-0.2, -0.15) is 0 Å². The Morgan fingerprint density at radius 3 is 2.45 bits per heavy atom. The molecule has 29 heavy (non-hydrogen) atoms. The third-order valence-corrected chi connectivity index (χ3v) is 6.36. The molecule has 0 radical (unpaired) electrons. The summed E-state index contributed by atoms with van der Waals surface area (Å²) in [6.45, 7) is 5.60. The molecule has 4 rings (SSSR count). The molecular formula is C23H27ClFN3O. The van der Waals surface area contributed by atoms with Gasteiger partial charge in [-0.25, -0.2) is 4.39 Å². The predicted molar refractivity (Wildman–Crippen MR) is 115 cm³/mol. The van der Waals surface area contributed by atoms with Gasteiger partial charge in [-0.15, -0.1) is 0 Å². The Morgan fingerprint density at radius 1 is 1.00 bits per heavy atom. The van der Waals surface area contributed by atoms with Gasteiger partial charge in [-0.1, -0.05) is 29.8 Å². The molecule has 0 bridgehead atoms. The van der Waals surface area contributed by atoms with Gasteiger partial charge >= 0.3 is 0 Å². The van der Waals surface area contributed by atoms with E-state index in [-0.39, 0.29) is 17.6 Å². The summed E-state index contributed by atoms with van der Waals surface area (Å²) < 4.78 is 13.1. The molecule has 2 aliphatic heterocycles. The van der Waals surface area contributed by atoms with Crippen LogP contribution in [0.3, 0.4) is 0 Å². The van der Waals surface area contributed by atoms with Gasteiger partial charge in [0, 0.05) is 50.0 Å². The highest BCUT2D eigenvalue weighted by Gasteiger charge is 2.31. The van der Waals surface area contributed by atoms with Crippen LogP contribution < -0.4 is 4.90 Å². The Hall–Kier alpha value is -2.11. The van der Waals surface area contributed by atoms with Crippen LogP contribution in [-0.2, 0) is 11.3 Å². The van der Waals surface area contributed by atoms with Gasteiger partial charge in [0.25, 0.3) is 0 Å². The number of nitrogens with zero attached hydrogens (tertiary/aromatic N) is 3. The first-order valence-corrected chi connectivity index (χ1v) is 10.7. The molecule has 2 heterocycles. The monoisotopic (exact) mass is 415 g/mol. The summed E-state index contributed by atoms with van der Waals surface area (Å²) in [5, 5.41) is 0.790. The van der Waals surface area contributed by atoms with Crippen molar-refractivity contribution in [2.24, 2.45) is 5.92 Å². The fraction of sp³-hybridized carbons (Fsp3) is 0.435. The molecule has 0 N–H and O–H groups in total. The van der Waals surface area contributed by atoms with Crippen LogP contribution in [0, 0.1) is 11.7 Å². The smallest absolute Gasteiger partial charge is 0.227 e. The number of amides is 1. The van der Waals surface area contributed by atoms with E-state index in [0.717, 1.165) is 74.9 Å². The molecule has 2 saturated heterocycles. The fourth-order valence-electron chi connectivity index (χ4n) is 4.36. The number of rotatable bonds is 4. The summed E-state index contributed by atoms with van der Waals surface area (Å²) in [6.07, 6.45) is 1.99. The highest BCUT2D eigenvalue weighted by atomic mass is 35.5. The van der Waals surface area contributed by atoms with Gasteiger partial charge in [-0.05, 0) is 55.3 Å². The molecule has 1 amide bonds. The molecule has 2 aromatic rings. The predicted octanol–water partition coefficient (Wildman–Crippen LogP) is 4.04. The third-order valence-electron chi connectivity index (χ3n) is 5.99. The minimum absolute atomic E-state index is 0.0589. The normalized spacial score (nSPS) is 20.7. The molecule has 1 atom stereocenters. The summed E-state index contributed by atoms with van der Waals surface area (Å²) in [4.78, 5) is 19.7. The molecule has 2 aliphatic rings. The van der Waals surface area contributed by atoms with Gasteiger partial charge in [0.2, 0.25) is 5.91 Å². The average Bonchev–Trinajstić information content (AvgIpc) is 2.76. The number of carbonyl (C=O) groups excluding carboxylic acids is 1. The second-order valence-electron chi connectivity index (χ2n) is 7.95. The topological polar surface area (TPSA) is 26.8 Å². The van der Waals surface area contributed by atoms with Gasteiger partial charge in [0.1, 0.15) is 5.82 Å². The number of anilines is 1. The van der Waals surface area contributed by atoms with Crippen molar-refractivity contribution < 1.29 is 9.18 Å². The van der Waals surface area contributed by atoms with E-state index in [9.17, 15) is 9.18 Å². The molecule has 0 unspecified atom stereocenters. The van der Waals surface area contributed by atoms with Crippen molar-refractivity contribution in [1.82, 2.24) is 9.80 Å². The van der Waals surface area contributed by atoms with Gasteiger partial charge in [0.05, 0.1) is 5.92 Å². The molecule has 4 nitrogen and oxygen atoms in total. The molecule has 2 aromatic carbocycles. The summed E-state index contributed by atoms with van der Waals surface area (Å²) in [5.41, 5.74) is 2.14. The zero-order valence-corrected chi connectivity index (χ0v) is 17.3. The van der Waals surface area contributed by atoms with Crippen molar-refractivity contribution in [3.8, 4) is 0 Å². The van der Waals surface area contributed by atoms with Crippen molar-refractivity contribution in [3.05, 3.63) is 64.9 Å². The standard InChI is InChI=1S/C23H27ClFN3O/c24-22-6-2-1-4-18(22)16-26-11-3-5-19(17-26)23(29)28-14-12-27(13-15-28)21-9-7-20(25)8-10-21/h1-2,4,6-10,19H,3,5,11-17H2/t19-/m1/s1. The second-order valence-corrected chi connectivity index (χ2v) is 8.36. The third kappa shape index (κ3) is 4.90. The number of piperidine rings is 1. The van der Waals surface area contributed by atoms with Crippen molar-refractivity contribution in [2.75, 3.05) is 44.2 Å². The van der Waals surface area contributed by atoms with Crippen LogP contribution in [-0.4, -0.2) is 55.0 Å². The summed E-state index contributed by atoms with van der Waals surface area (Å²) in [5.74, 6) is 0.109. The zero-order chi connectivity index (χ0) is 20.2. The molecule has 0 saturated carbocycles. The van der Waals surface area contributed by atoms with Crippen LogP contribution in [0.5, 0.6) is 0 Å². The summed E-state index contributed by atoms with van der Waals surface area (Å²) >= 11 is 6.31. The Kier molecular flexibility index (Phi) is 6.36. The SMILES string of the molecule is O=C([C@@H]1CCCN(Cc2ccccc2Cl)C1)N1CCN(c2ccc(F)cc2)CC1. The number of carbonyl (C=O) groups is 1. The van der Waals surface area contributed by atoms with E-state index < -0.39 is 0 Å². The van der Waals surface area contributed by atoms with Gasteiger partial charge in [-0.3, -0.25) is 9.69 Å². The first-order valence-electron chi connectivity index (χ1n) is 10.4. The fourth-order valence-corrected chi connectivity index (χ4v) is 4.56. The summed E-state index contributed by atoms with van der Waals surface area (Å²) in [7, 11) is 0. The largest absolute Gasteiger partial charge is 0.368 e. The minimum Gasteiger partial charge on any atom is -0.368 e. The van der Waals surface area contributed by atoms with E-state index in [4.69, 9.17) is 11.6 Å². The van der Waals surface area contributed by atoms with Crippen LogP contribution >= 0.6 is 11.6 Å². The molecule has 0 aliphatic carbocycles. The highest BCUT2D eigenvalue weighted by molar-refractivity contribution is 6.31. The Labute approximate surface area is 176 Å². The molecule has 0 spiro atoms. The molecule has 2 fully saturated rings. The number of piperazine rings is 1. The Bertz CT molecular complexity index is 836. The van der Waals surface area contributed by atoms with Crippen LogP contribution in [0.2, 0.25) is 5.02 Å². The Balaban J connectivity index is 1.31. The van der Waals surface area contributed by atoms with E-state index in [2.05, 4.69) is 15.9 Å². The van der Waals surface area contributed by atoms with E-state index in [1.54, 1.807) is 12.1 Å².